The SMILES string of the molecule is COCOc1cc(C=C2SC(=O)NC2=O)nn1C. The first-order valence-electron chi connectivity index (χ1n) is 5.01. The number of amides is 2. The molecule has 0 saturated carbocycles. The third kappa shape index (κ3) is 2.71. The predicted octanol–water partition coefficient (Wildman–Crippen LogP) is 0.727. The molecule has 1 N–H and O–H groups in total. The summed E-state index contributed by atoms with van der Waals surface area (Å²) in [5.74, 6) is 0.105. The summed E-state index contributed by atoms with van der Waals surface area (Å²) in [4.78, 5) is 22.7. The van der Waals surface area contributed by atoms with Crippen molar-refractivity contribution in [2.24, 2.45) is 7.05 Å². The van der Waals surface area contributed by atoms with Crippen LogP contribution in [-0.4, -0.2) is 34.8 Å². The lowest BCUT2D eigenvalue weighted by molar-refractivity contribution is -0.115. The van der Waals surface area contributed by atoms with Crippen molar-refractivity contribution in [1.29, 1.82) is 0 Å². The minimum absolute atomic E-state index is 0.114. The first-order valence-corrected chi connectivity index (χ1v) is 5.82. The Hall–Kier alpha value is -1.80. The van der Waals surface area contributed by atoms with E-state index in [1.165, 1.54) is 17.9 Å². The standard InChI is InChI=1S/C10H11N3O4S/c1-13-8(17-5-16-2)4-6(12-13)3-7-9(14)11-10(15)18-7/h3-4H,5H2,1-2H3,(H,11,14,15). The second kappa shape index (κ2) is 5.23. The van der Waals surface area contributed by atoms with Crippen LogP contribution in [0.25, 0.3) is 6.08 Å². The van der Waals surface area contributed by atoms with E-state index in [2.05, 4.69) is 10.4 Å². The van der Waals surface area contributed by atoms with Gasteiger partial charge in [0.05, 0.1) is 10.6 Å². The lowest BCUT2D eigenvalue weighted by Gasteiger charge is -2.02. The molecule has 8 heteroatoms. The molecule has 0 aliphatic carbocycles. The Morgan fingerprint density at radius 1 is 1.56 bits per heavy atom. The Labute approximate surface area is 107 Å². The number of nitrogens with one attached hydrogen (secondary N) is 1. The van der Waals surface area contributed by atoms with Gasteiger partial charge in [0.15, 0.2) is 6.79 Å². The van der Waals surface area contributed by atoms with Crippen LogP contribution in [0.4, 0.5) is 4.79 Å². The van der Waals surface area contributed by atoms with E-state index in [1.807, 2.05) is 0 Å². The number of nitrogens with zero attached hydrogens (tertiary/aromatic N) is 2. The van der Waals surface area contributed by atoms with E-state index in [1.54, 1.807) is 13.1 Å². The normalized spacial score (nSPS) is 17.3. The van der Waals surface area contributed by atoms with Gasteiger partial charge in [0, 0.05) is 20.2 Å². The first-order chi connectivity index (χ1) is 8.60. The van der Waals surface area contributed by atoms with Crippen molar-refractivity contribution in [3.8, 4) is 5.88 Å². The van der Waals surface area contributed by atoms with Crippen LogP contribution in [0, 0.1) is 0 Å². The fourth-order valence-corrected chi connectivity index (χ4v) is 2.02. The van der Waals surface area contributed by atoms with E-state index in [0.717, 1.165) is 11.8 Å². The van der Waals surface area contributed by atoms with Gasteiger partial charge in [-0.3, -0.25) is 14.9 Å². The average Bonchev–Trinajstić information content (AvgIpc) is 2.80. The van der Waals surface area contributed by atoms with Gasteiger partial charge >= 0.3 is 0 Å². The molecule has 7 nitrogen and oxygen atoms in total. The number of hydrogen-bond acceptors (Lipinski definition) is 6. The minimum atomic E-state index is -0.407. The van der Waals surface area contributed by atoms with Crippen molar-refractivity contribution in [3.63, 3.8) is 0 Å². The topological polar surface area (TPSA) is 82.4 Å². The van der Waals surface area contributed by atoms with Crippen LogP contribution in [0.5, 0.6) is 5.88 Å². The van der Waals surface area contributed by atoms with Crippen molar-refractivity contribution >= 4 is 29.0 Å². The average molecular weight is 269 g/mol. The van der Waals surface area contributed by atoms with E-state index in [-0.39, 0.29) is 12.0 Å². The predicted molar refractivity (Wildman–Crippen MR) is 64.8 cm³/mol. The van der Waals surface area contributed by atoms with Gasteiger partial charge < -0.3 is 9.47 Å². The van der Waals surface area contributed by atoms with E-state index in [4.69, 9.17) is 9.47 Å². The summed E-state index contributed by atoms with van der Waals surface area (Å²) >= 11 is 0.848. The maximum atomic E-state index is 11.3. The fourth-order valence-electron chi connectivity index (χ4n) is 1.35. The third-order valence-electron chi connectivity index (χ3n) is 2.10. The van der Waals surface area contributed by atoms with Crippen molar-refractivity contribution in [3.05, 3.63) is 16.7 Å². The summed E-state index contributed by atoms with van der Waals surface area (Å²) in [6.45, 7) is 0.114. The number of aryl methyl sites for hydroxylation is 1. The van der Waals surface area contributed by atoms with Gasteiger partial charge in [-0.1, -0.05) is 0 Å². The van der Waals surface area contributed by atoms with Crippen molar-refractivity contribution in [2.75, 3.05) is 13.9 Å². The lowest BCUT2D eigenvalue weighted by Crippen LogP contribution is -2.17. The van der Waals surface area contributed by atoms with Crippen molar-refractivity contribution < 1.29 is 19.1 Å². The fraction of sp³-hybridized carbons (Fsp3) is 0.300. The number of thioether (sulfide) groups is 1. The molecule has 1 fully saturated rings. The highest BCUT2D eigenvalue weighted by molar-refractivity contribution is 8.18. The molecule has 2 heterocycles. The Balaban J connectivity index is 2.17. The Bertz CT molecular complexity index is 523. The first kappa shape index (κ1) is 12.7. The van der Waals surface area contributed by atoms with E-state index < -0.39 is 5.91 Å². The molecule has 0 bridgehead atoms. The summed E-state index contributed by atoms with van der Waals surface area (Å²) in [7, 11) is 3.23. The third-order valence-corrected chi connectivity index (χ3v) is 2.91. The highest BCUT2D eigenvalue weighted by atomic mass is 32.2. The van der Waals surface area contributed by atoms with E-state index in [0.29, 0.717) is 16.5 Å². The van der Waals surface area contributed by atoms with Gasteiger partial charge in [-0.15, -0.1) is 0 Å². The monoisotopic (exact) mass is 269 g/mol. The molecule has 1 aromatic rings. The molecule has 0 unspecified atom stereocenters. The molecular formula is C10H11N3O4S. The van der Waals surface area contributed by atoms with Crippen LogP contribution in [0.2, 0.25) is 0 Å². The molecule has 1 saturated heterocycles. The molecule has 0 atom stereocenters. The van der Waals surface area contributed by atoms with Gasteiger partial charge in [-0.25, -0.2) is 4.68 Å². The second-order valence-corrected chi connectivity index (χ2v) is 4.45. The zero-order valence-corrected chi connectivity index (χ0v) is 10.6. The highest BCUT2D eigenvalue weighted by Crippen LogP contribution is 2.26. The van der Waals surface area contributed by atoms with Crippen LogP contribution < -0.4 is 10.1 Å². The van der Waals surface area contributed by atoms with E-state index >= 15 is 0 Å². The maximum Gasteiger partial charge on any atom is 0.290 e. The molecule has 0 aromatic carbocycles. The Morgan fingerprint density at radius 3 is 2.94 bits per heavy atom. The van der Waals surface area contributed by atoms with Gasteiger partial charge in [-0.2, -0.15) is 5.10 Å². The van der Waals surface area contributed by atoms with Gasteiger partial charge in [0.2, 0.25) is 5.88 Å². The number of carbonyl (C=O) groups is 2. The van der Waals surface area contributed by atoms with Gasteiger partial charge in [0.25, 0.3) is 11.1 Å². The van der Waals surface area contributed by atoms with E-state index in [9.17, 15) is 9.59 Å². The molecule has 18 heavy (non-hydrogen) atoms. The Kier molecular flexibility index (Phi) is 3.68. The van der Waals surface area contributed by atoms with Crippen molar-refractivity contribution in [2.45, 2.75) is 0 Å². The maximum absolute atomic E-state index is 11.3. The number of aromatic nitrogens is 2. The summed E-state index contributed by atoms with van der Waals surface area (Å²) in [5, 5.41) is 5.94. The zero-order chi connectivity index (χ0) is 13.1. The summed E-state index contributed by atoms with van der Waals surface area (Å²) in [6, 6.07) is 1.66. The quantitative estimate of drug-likeness (QED) is 0.641. The number of imide groups is 1. The Morgan fingerprint density at radius 2 is 2.33 bits per heavy atom. The van der Waals surface area contributed by atoms with Gasteiger partial charge in [0.1, 0.15) is 0 Å². The molecule has 2 rings (SSSR count). The highest BCUT2D eigenvalue weighted by Gasteiger charge is 2.25. The molecule has 0 spiro atoms. The second-order valence-electron chi connectivity index (χ2n) is 3.43. The number of hydrogen-bond donors (Lipinski definition) is 1. The summed E-state index contributed by atoms with van der Waals surface area (Å²) in [5.41, 5.74) is 0.538. The molecule has 96 valence electrons. The van der Waals surface area contributed by atoms with Crippen LogP contribution in [0.15, 0.2) is 11.0 Å². The zero-order valence-electron chi connectivity index (χ0n) is 9.80. The number of ether oxygens (including phenoxy) is 2. The lowest BCUT2D eigenvalue weighted by atomic mass is 10.3. The molecule has 1 aliphatic rings. The smallest absolute Gasteiger partial charge is 0.290 e. The summed E-state index contributed by atoms with van der Waals surface area (Å²) < 4.78 is 11.6. The van der Waals surface area contributed by atoms with Crippen LogP contribution in [0.3, 0.4) is 0 Å². The van der Waals surface area contributed by atoms with Crippen LogP contribution in [0.1, 0.15) is 5.69 Å². The molecule has 2 amide bonds. The largest absolute Gasteiger partial charge is 0.451 e. The van der Waals surface area contributed by atoms with Gasteiger partial charge in [-0.05, 0) is 17.8 Å². The van der Waals surface area contributed by atoms with Crippen LogP contribution >= 0.6 is 11.8 Å². The molecule has 1 aromatic heterocycles. The minimum Gasteiger partial charge on any atom is -0.451 e. The summed E-state index contributed by atoms with van der Waals surface area (Å²) in [6.07, 6.45) is 1.53. The van der Waals surface area contributed by atoms with Crippen LogP contribution in [-0.2, 0) is 16.6 Å². The number of rotatable bonds is 4. The molecule has 0 radical (unpaired) electrons. The molecule has 1 aliphatic heterocycles. The number of methoxy groups -OCH3 is 1. The molecular weight excluding hydrogens is 258 g/mol. The number of carbonyl (C=O) groups excluding carboxylic acids is 2. The van der Waals surface area contributed by atoms with Crippen molar-refractivity contribution in [1.82, 2.24) is 15.1 Å².